The number of fused-ring (bicyclic) bond motifs is 1. The molecule has 0 radical (unpaired) electrons. The van der Waals surface area contributed by atoms with Crippen molar-refractivity contribution < 1.29 is 0 Å². The number of hydrogen-bond donors (Lipinski definition) is 2. The van der Waals surface area contributed by atoms with E-state index in [1.807, 2.05) is 23.9 Å². The summed E-state index contributed by atoms with van der Waals surface area (Å²) in [6, 6.07) is 10.6. The lowest BCUT2D eigenvalue weighted by molar-refractivity contribution is 0.474. The van der Waals surface area contributed by atoms with Crippen molar-refractivity contribution in [2.24, 2.45) is 11.5 Å². The smallest absolute Gasteiger partial charge is 0.0840 e. The van der Waals surface area contributed by atoms with E-state index in [2.05, 4.69) is 30.3 Å². The summed E-state index contributed by atoms with van der Waals surface area (Å²) in [6.07, 6.45) is 5.00. The van der Waals surface area contributed by atoms with Crippen LogP contribution in [0.4, 0.5) is 0 Å². The van der Waals surface area contributed by atoms with Gasteiger partial charge in [0.25, 0.3) is 0 Å². The van der Waals surface area contributed by atoms with Crippen molar-refractivity contribution in [2.75, 3.05) is 0 Å². The summed E-state index contributed by atoms with van der Waals surface area (Å²) in [4.78, 5) is 0. The van der Waals surface area contributed by atoms with Gasteiger partial charge < -0.3 is 11.5 Å². The molecule has 0 aromatic heterocycles. The van der Waals surface area contributed by atoms with Gasteiger partial charge in [-0.2, -0.15) is 0 Å². The Morgan fingerprint density at radius 1 is 1.13 bits per heavy atom. The second-order valence-electron chi connectivity index (χ2n) is 4.42. The maximum absolute atomic E-state index is 5.91. The normalized spacial score (nSPS) is 36.0. The zero-order valence-electron chi connectivity index (χ0n) is 8.39. The molecule has 1 aliphatic heterocycles. The molecule has 2 nitrogen and oxygen atoms in total. The molecule has 1 aromatic carbocycles. The topological polar surface area (TPSA) is 52.0 Å². The van der Waals surface area contributed by atoms with Gasteiger partial charge >= 0.3 is 0 Å². The van der Waals surface area contributed by atoms with E-state index < -0.39 is 5.66 Å². The summed E-state index contributed by atoms with van der Waals surface area (Å²) in [6.45, 7) is 0. The van der Waals surface area contributed by atoms with E-state index in [-0.39, 0.29) is 4.75 Å². The number of nitrogens with two attached hydrogens (primary N) is 2. The molecule has 0 saturated carbocycles. The summed E-state index contributed by atoms with van der Waals surface area (Å²) in [5, 5.41) is 0.555. The van der Waals surface area contributed by atoms with Crippen LogP contribution in [-0.2, 0) is 4.75 Å². The van der Waals surface area contributed by atoms with E-state index in [1.54, 1.807) is 0 Å². The molecule has 2 atom stereocenters. The Bertz CT molecular complexity index is 413. The molecule has 1 aromatic rings. The van der Waals surface area contributed by atoms with E-state index in [9.17, 15) is 0 Å². The first kappa shape index (κ1) is 9.46. The summed E-state index contributed by atoms with van der Waals surface area (Å²) in [5.41, 5.74) is 12.6. The van der Waals surface area contributed by atoms with Crippen LogP contribution in [0.15, 0.2) is 42.5 Å². The zero-order valence-corrected chi connectivity index (χ0v) is 9.21. The molecule has 2 aliphatic rings. The third-order valence-electron chi connectivity index (χ3n) is 3.16. The molecule has 4 N–H and O–H groups in total. The Hall–Kier alpha value is -0.770. The van der Waals surface area contributed by atoms with E-state index >= 15 is 0 Å². The summed E-state index contributed by atoms with van der Waals surface area (Å²) in [7, 11) is 0. The Balaban J connectivity index is 1.98. The molecular formula is C12H14N2S. The van der Waals surface area contributed by atoms with Crippen LogP contribution >= 0.6 is 11.8 Å². The van der Waals surface area contributed by atoms with Crippen LogP contribution in [0.3, 0.4) is 0 Å². The molecular weight excluding hydrogens is 204 g/mol. The van der Waals surface area contributed by atoms with Gasteiger partial charge in [-0.15, -0.1) is 11.8 Å². The van der Waals surface area contributed by atoms with E-state index in [1.165, 1.54) is 5.56 Å². The second-order valence-corrected chi connectivity index (χ2v) is 5.90. The minimum absolute atomic E-state index is 0.170. The number of benzene rings is 1. The van der Waals surface area contributed by atoms with Gasteiger partial charge in [0.2, 0.25) is 0 Å². The van der Waals surface area contributed by atoms with Crippen molar-refractivity contribution in [1.82, 2.24) is 0 Å². The molecule has 0 spiro atoms. The van der Waals surface area contributed by atoms with Gasteiger partial charge in [-0.05, 0) is 12.0 Å². The van der Waals surface area contributed by atoms with Gasteiger partial charge in [0.15, 0.2) is 0 Å². The lowest BCUT2D eigenvalue weighted by atomic mass is 9.85. The minimum atomic E-state index is -0.605. The van der Waals surface area contributed by atoms with Gasteiger partial charge in [-0.3, -0.25) is 0 Å². The van der Waals surface area contributed by atoms with Crippen molar-refractivity contribution in [3.63, 3.8) is 0 Å². The first-order chi connectivity index (χ1) is 7.12. The standard InChI is InChI=1S/C12H14N2S/c13-11(14)6-7-12(10(8-11)15-12)9-4-2-1-3-5-9/h1-7,10H,8,13-14H2. The number of hydrogen-bond acceptors (Lipinski definition) is 3. The third-order valence-corrected chi connectivity index (χ3v) is 4.78. The largest absolute Gasteiger partial charge is 0.310 e. The second kappa shape index (κ2) is 2.88. The van der Waals surface area contributed by atoms with Gasteiger partial charge in [0.1, 0.15) is 0 Å². The summed E-state index contributed by atoms with van der Waals surface area (Å²) < 4.78 is 0.170. The number of thioether (sulfide) groups is 1. The molecule has 1 heterocycles. The van der Waals surface area contributed by atoms with Crippen LogP contribution in [0.2, 0.25) is 0 Å². The molecule has 0 amide bonds. The Kier molecular flexibility index (Phi) is 1.81. The Labute approximate surface area is 93.7 Å². The van der Waals surface area contributed by atoms with Crippen LogP contribution < -0.4 is 11.5 Å². The van der Waals surface area contributed by atoms with Crippen LogP contribution in [0.25, 0.3) is 0 Å². The summed E-state index contributed by atoms with van der Waals surface area (Å²) >= 11 is 1.96. The molecule has 1 saturated heterocycles. The van der Waals surface area contributed by atoms with Crippen molar-refractivity contribution in [3.8, 4) is 0 Å². The van der Waals surface area contributed by atoms with Gasteiger partial charge in [0.05, 0.1) is 10.4 Å². The molecule has 1 aliphatic carbocycles. The predicted octanol–water partition coefficient (Wildman–Crippen LogP) is 1.57. The third kappa shape index (κ3) is 1.42. The maximum atomic E-state index is 5.91. The SMILES string of the molecule is NC1(N)C=CC2(c3ccccc3)SC2C1. The van der Waals surface area contributed by atoms with Crippen LogP contribution in [-0.4, -0.2) is 10.9 Å². The van der Waals surface area contributed by atoms with Crippen LogP contribution in [0, 0.1) is 0 Å². The molecule has 0 bridgehead atoms. The quantitative estimate of drug-likeness (QED) is 0.427. The zero-order chi connectivity index (χ0) is 10.5. The van der Waals surface area contributed by atoms with Gasteiger partial charge in [-0.1, -0.05) is 42.5 Å². The van der Waals surface area contributed by atoms with E-state index in [4.69, 9.17) is 11.5 Å². The number of rotatable bonds is 1. The monoisotopic (exact) mass is 218 g/mol. The van der Waals surface area contributed by atoms with Crippen LogP contribution in [0.5, 0.6) is 0 Å². The predicted molar refractivity (Wildman–Crippen MR) is 64.4 cm³/mol. The molecule has 1 fully saturated rings. The maximum Gasteiger partial charge on any atom is 0.0840 e. The van der Waals surface area contributed by atoms with Crippen molar-refractivity contribution in [3.05, 3.63) is 48.0 Å². The highest BCUT2D eigenvalue weighted by molar-refractivity contribution is 8.08. The molecule has 78 valence electrons. The Morgan fingerprint density at radius 3 is 2.53 bits per heavy atom. The lowest BCUT2D eigenvalue weighted by Crippen LogP contribution is -2.50. The van der Waals surface area contributed by atoms with Gasteiger partial charge in [0, 0.05) is 5.25 Å². The molecule has 3 rings (SSSR count). The average Bonchev–Trinajstić information content (AvgIpc) is 2.92. The molecule has 3 heteroatoms. The highest BCUT2D eigenvalue weighted by atomic mass is 32.2. The summed E-state index contributed by atoms with van der Waals surface area (Å²) in [5.74, 6) is 0. The van der Waals surface area contributed by atoms with Crippen LogP contribution in [0.1, 0.15) is 12.0 Å². The van der Waals surface area contributed by atoms with Crippen molar-refractivity contribution >= 4 is 11.8 Å². The Morgan fingerprint density at radius 2 is 1.87 bits per heavy atom. The van der Waals surface area contributed by atoms with Gasteiger partial charge in [-0.25, -0.2) is 0 Å². The van der Waals surface area contributed by atoms with Crippen molar-refractivity contribution in [2.45, 2.75) is 22.1 Å². The molecule has 15 heavy (non-hydrogen) atoms. The first-order valence-corrected chi connectivity index (χ1v) is 6.02. The molecule has 2 unspecified atom stereocenters. The lowest BCUT2D eigenvalue weighted by Gasteiger charge is -2.26. The van der Waals surface area contributed by atoms with Crippen molar-refractivity contribution in [1.29, 1.82) is 0 Å². The average molecular weight is 218 g/mol. The highest BCUT2D eigenvalue weighted by Crippen LogP contribution is 2.65. The highest BCUT2D eigenvalue weighted by Gasteiger charge is 2.58. The first-order valence-electron chi connectivity index (χ1n) is 5.14. The fourth-order valence-electron chi connectivity index (χ4n) is 2.26. The fourth-order valence-corrected chi connectivity index (χ4v) is 3.75. The fraction of sp³-hybridized carbons (Fsp3) is 0.333. The minimum Gasteiger partial charge on any atom is -0.310 e. The van der Waals surface area contributed by atoms with E-state index in [0.29, 0.717) is 5.25 Å². The van der Waals surface area contributed by atoms with E-state index in [0.717, 1.165) is 6.42 Å².